The first kappa shape index (κ1) is 22.2. The molecule has 0 aliphatic heterocycles. The summed E-state index contributed by atoms with van der Waals surface area (Å²) in [6.45, 7) is 1.52. The smallest absolute Gasteiger partial charge is 0.254 e. The van der Waals surface area contributed by atoms with Gasteiger partial charge >= 0.3 is 0 Å². The number of halogens is 3. The van der Waals surface area contributed by atoms with Gasteiger partial charge < -0.3 is 10.6 Å². The minimum atomic E-state index is -3.36. The number of benzene rings is 2. The number of rotatable bonds is 7. The van der Waals surface area contributed by atoms with E-state index in [2.05, 4.69) is 10.6 Å². The fourth-order valence-electron chi connectivity index (χ4n) is 3.10. The number of anilines is 1. The number of carbonyl (C=O) groups is 1. The first-order valence-corrected chi connectivity index (χ1v) is 11.6. The molecule has 0 heterocycles. The van der Waals surface area contributed by atoms with Crippen molar-refractivity contribution < 1.29 is 22.0 Å². The number of carbonyl (C=O) groups excluding carboxylic acids is 1. The van der Waals surface area contributed by atoms with E-state index in [1.54, 1.807) is 12.1 Å². The third kappa shape index (κ3) is 5.17. The molecule has 0 aromatic heterocycles. The zero-order valence-electron chi connectivity index (χ0n) is 16.4. The van der Waals surface area contributed by atoms with Crippen LogP contribution in [0.3, 0.4) is 0 Å². The molecule has 30 heavy (non-hydrogen) atoms. The molecule has 0 unspecified atom stereocenters. The fraction of sp³-hybridized carbons (Fsp3) is 0.286. The quantitative estimate of drug-likeness (QED) is 0.650. The van der Waals surface area contributed by atoms with Crippen molar-refractivity contribution in [3.05, 3.63) is 75.7 Å². The molecule has 0 saturated heterocycles. The topological polar surface area (TPSA) is 75.3 Å². The Morgan fingerprint density at radius 2 is 1.87 bits per heavy atom. The van der Waals surface area contributed by atoms with Gasteiger partial charge in [0.25, 0.3) is 5.91 Å². The molecule has 0 radical (unpaired) electrons. The highest BCUT2D eigenvalue weighted by molar-refractivity contribution is 7.93. The summed E-state index contributed by atoms with van der Waals surface area (Å²) in [4.78, 5) is 12.3. The summed E-state index contributed by atoms with van der Waals surface area (Å²) in [6, 6.07) is 8.27. The molecule has 1 amide bonds. The van der Waals surface area contributed by atoms with Crippen molar-refractivity contribution in [1.29, 1.82) is 0 Å². The molecule has 0 spiro atoms. The highest BCUT2D eigenvalue weighted by atomic mass is 35.5. The minimum absolute atomic E-state index is 0.0634. The normalized spacial score (nSPS) is 16.3. The summed E-state index contributed by atoms with van der Waals surface area (Å²) in [5.41, 5.74) is -0.299. The summed E-state index contributed by atoms with van der Waals surface area (Å²) in [5, 5.41) is 6.92. The molecule has 2 N–H and O–H groups in total. The van der Waals surface area contributed by atoms with Gasteiger partial charge in [-0.25, -0.2) is 17.2 Å². The van der Waals surface area contributed by atoms with Gasteiger partial charge in [-0.3, -0.25) is 4.79 Å². The van der Waals surface area contributed by atoms with Crippen LogP contribution in [0, 0.1) is 11.6 Å². The van der Waals surface area contributed by atoms with E-state index in [1.165, 1.54) is 13.0 Å². The molecule has 3 rings (SSSR count). The van der Waals surface area contributed by atoms with Gasteiger partial charge in [-0.05, 0) is 37.5 Å². The maximum Gasteiger partial charge on any atom is 0.254 e. The van der Waals surface area contributed by atoms with E-state index >= 15 is 0 Å². The number of hydrogen-bond acceptors (Lipinski definition) is 4. The van der Waals surface area contributed by atoms with E-state index in [1.807, 2.05) is 12.1 Å². The molecule has 1 fully saturated rings. The molecule has 9 heteroatoms. The van der Waals surface area contributed by atoms with Crippen molar-refractivity contribution in [2.75, 3.05) is 11.6 Å². The second kappa shape index (κ2) is 8.35. The lowest BCUT2D eigenvalue weighted by molar-refractivity contribution is 0.0942. The second-order valence-corrected chi connectivity index (χ2v) is 9.76. The lowest BCUT2D eigenvalue weighted by Crippen LogP contribution is -2.32. The molecule has 5 nitrogen and oxygen atoms in total. The van der Waals surface area contributed by atoms with Crippen LogP contribution in [0.4, 0.5) is 14.5 Å². The van der Waals surface area contributed by atoms with Crippen molar-refractivity contribution in [2.45, 2.75) is 31.3 Å². The predicted molar refractivity (Wildman–Crippen MR) is 113 cm³/mol. The van der Waals surface area contributed by atoms with Crippen LogP contribution in [0.1, 0.15) is 35.7 Å². The first-order chi connectivity index (χ1) is 14.0. The van der Waals surface area contributed by atoms with Gasteiger partial charge in [-0.15, -0.1) is 0 Å². The monoisotopic (exact) mass is 454 g/mol. The highest BCUT2D eigenvalue weighted by Gasteiger charge is 2.46. The zero-order valence-corrected chi connectivity index (χ0v) is 17.9. The average Bonchev–Trinajstić information content (AvgIpc) is 3.43. The number of hydrogen-bond donors (Lipinski definition) is 2. The van der Waals surface area contributed by atoms with E-state index < -0.39 is 44.5 Å². The molecule has 1 aliphatic carbocycles. The van der Waals surface area contributed by atoms with Crippen LogP contribution in [0.5, 0.6) is 0 Å². The van der Waals surface area contributed by atoms with Crippen molar-refractivity contribution >= 4 is 33.0 Å². The number of sulfone groups is 1. The van der Waals surface area contributed by atoms with Crippen LogP contribution in [-0.2, 0) is 15.4 Å². The second-order valence-electron chi connectivity index (χ2n) is 7.42. The molecule has 1 aliphatic rings. The van der Waals surface area contributed by atoms with Crippen LogP contribution in [0.2, 0.25) is 5.02 Å². The summed E-state index contributed by atoms with van der Waals surface area (Å²) < 4.78 is 51.5. The van der Waals surface area contributed by atoms with Gasteiger partial charge in [0.05, 0.1) is 16.8 Å². The Bertz CT molecular complexity index is 1120. The molecular formula is C21H21ClF2N2O3S. The zero-order chi connectivity index (χ0) is 22.1. The Morgan fingerprint density at radius 1 is 1.20 bits per heavy atom. The number of nitrogens with one attached hydrogen (secondary N) is 2. The maximum absolute atomic E-state index is 14.7. The van der Waals surface area contributed by atoms with E-state index in [0.717, 1.165) is 29.4 Å². The average molecular weight is 455 g/mol. The third-order valence-electron chi connectivity index (χ3n) is 4.79. The lowest BCUT2D eigenvalue weighted by Gasteiger charge is -2.21. The van der Waals surface area contributed by atoms with Crippen molar-refractivity contribution in [3.8, 4) is 0 Å². The van der Waals surface area contributed by atoms with Crippen LogP contribution in [-0.4, -0.2) is 26.6 Å². The van der Waals surface area contributed by atoms with Gasteiger partial charge in [0.2, 0.25) is 0 Å². The molecule has 160 valence electrons. The van der Waals surface area contributed by atoms with E-state index in [-0.39, 0.29) is 5.69 Å². The summed E-state index contributed by atoms with van der Waals surface area (Å²) in [7, 11) is -3.36. The molecule has 1 atom stereocenters. The van der Waals surface area contributed by atoms with Crippen LogP contribution < -0.4 is 10.6 Å². The standard InChI is InChI=1S/C21H21ClF2N2O3S/c1-13(7-10-30(2,28)29)25-20(27)14-11-18(24)19(12-17(14)23)26-21(8-9-21)15-5-3-4-6-16(15)22/h3-7,10-13,26H,8-9H2,1-2H3,(H,25,27)/b10-7+/t13-/m1/s1. The molecule has 2 aromatic rings. The summed E-state index contributed by atoms with van der Waals surface area (Å²) >= 11 is 6.25. The largest absolute Gasteiger partial charge is 0.373 e. The lowest BCUT2D eigenvalue weighted by atomic mass is 10.0. The predicted octanol–water partition coefficient (Wildman–Crippen LogP) is 4.40. The van der Waals surface area contributed by atoms with Gasteiger partial charge in [0.1, 0.15) is 11.6 Å². The van der Waals surface area contributed by atoms with Crippen molar-refractivity contribution in [3.63, 3.8) is 0 Å². The van der Waals surface area contributed by atoms with Gasteiger partial charge in [-0.1, -0.05) is 35.9 Å². The molecule has 1 saturated carbocycles. The van der Waals surface area contributed by atoms with Crippen molar-refractivity contribution in [1.82, 2.24) is 5.32 Å². The Labute approximate surface area is 179 Å². The van der Waals surface area contributed by atoms with E-state index in [4.69, 9.17) is 11.6 Å². The summed E-state index contributed by atoms with van der Waals surface area (Å²) in [6.07, 6.45) is 3.68. The first-order valence-electron chi connectivity index (χ1n) is 9.22. The molecule has 0 bridgehead atoms. The molecule has 2 aromatic carbocycles. The number of amides is 1. The van der Waals surface area contributed by atoms with Gasteiger partial charge in [0.15, 0.2) is 9.84 Å². The summed E-state index contributed by atoms with van der Waals surface area (Å²) in [5.74, 6) is -2.53. The highest BCUT2D eigenvalue weighted by Crippen LogP contribution is 2.50. The van der Waals surface area contributed by atoms with E-state index in [0.29, 0.717) is 17.9 Å². The van der Waals surface area contributed by atoms with Crippen LogP contribution in [0.15, 0.2) is 47.9 Å². The van der Waals surface area contributed by atoms with Crippen molar-refractivity contribution in [2.24, 2.45) is 0 Å². The van der Waals surface area contributed by atoms with Gasteiger partial charge in [0, 0.05) is 28.8 Å². The third-order valence-corrected chi connectivity index (χ3v) is 5.77. The molecular weight excluding hydrogens is 434 g/mol. The van der Waals surface area contributed by atoms with E-state index in [9.17, 15) is 22.0 Å². The van der Waals surface area contributed by atoms with Crippen LogP contribution >= 0.6 is 11.6 Å². The Balaban J connectivity index is 1.78. The SMILES string of the molecule is C[C@H](/C=C/S(C)(=O)=O)NC(=O)c1cc(F)c(NC2(c3ccccc3Cl)CC2)cc1F. The minimum Gasteiger partial charge on any atom is -0.373 e. The fourth-order valence-corrected chi connectivity index (χ4v) is 3.94. The maximum atomic E-state index is 14.7. The Morgan fingerprint density at radius 3 is 2.47 bits per heavy atom. The van der Waals surface area contributed by atoms with Crippen LogP contribution in [0.25, 0.3) is 0 Å². The Kier molecular flexibility index (Phi) is 6.19. The van der Waals surface area contributed by atoms with Gasteiger partial charge in [-0.2, -0.15) is 0 Å². The Hall–Kier alpha value is -2.45.